The van der Waals surface area contributed by atoms with Crippen LogP contribution in [0.2, 0.25) is 0 Å². The van der Waals surface area contributed by atoms with E-state index in [0.29, 0.717) is 32.8 Å². The van der Waals surface area contributed by atoms with Crippen LogP contribution in [0.25, 0.3) is 10.8 Å². The van der Waals surface area contributed by atoms with Crippen LogP contribution in [-0.4, -0.2) is 51.9 Å². The lowest BCUT2D eigenvalue weighted by Gasteiger charge is -2.25. The van der Waals surface area contributed by atoms with Crippen molar-refractivity contribution in [1.82, 2.24) is 19.7 Å². The topological polar surface area (TPSA) is 60.2 Å². The number of carbonyl (C=O) groups excluding carboxylic acids is 1. The van der Waals surface area contributed by atoms with Crippen molar-refractivity contribution in [2.24, 2.45) is 5.92 Å². The minimum Gasteiger partial charge on any atom is -0.379 e. The SMILES string of the molecule is O=C(c1ccccc1Cn1cccn1)N1CCOC[C@@H](Cc2cccc3ccncc23)C1. The highest BCUT2D eigenvalue weighted by molar-refractivity contribution is 5.95. The minimum atomic E-state index is 0.0582. The highest BCUT2D eigenvalue weighted by Gasteiger charge is 2.25. The molecule has 2 aromatic carbocycles. The molecule has 1 amide bonds. The summed E-state index contributed by atoms with van der Waals surface area (Å²) in [5.74, 6) is 0.286. The third-order valence-corrected chi connectivity index (χ3v) is 6.05. The van der Waals surface area contributed by atoms with Crippen molar-refractivity contribution < 1.29 is 9.53 Å². The van der Waals surface area contributed by atoms with E-state index in [0.717, 1.165) is 17.5 Å². The quantitative estimate of drug-likeness (QED) is 0.487. The number of ether oxygens (including phenoxy) is 1. The number of hydrogen-bond donors (Lipinski definition) is 0. The lowest BCUT2D eigenvalue weighted by Crippen LogP contribution is -2.37. The molecule has 6 heteroatoms. The average Bonchev–Trinajstić information content (AvgIpc) is 3.23. The van der Waals surface area contributed by atoms with Gasteiger partial charge < -0.3 is 9.64 Å². The predicted octanol–water partition coefficient (Wildman–Crippen LogP) is 3.81. The Morgan fingerprint density at radius 3 is 2.84 bits per heavy atom. The number of carbonyl (C=O) groups is 1. The number of nitrogens with zero attached hydrogens (tertiary/aromatic N) is 4. The molecule has 1 aliphatic rings. The van der Waals surface area contributed by atoms with Gasteiger partial charge in [0.05, 0.1) is 19.8 Å². The molecule has 4 aromatic rings. The number of rotatable bonds is 5. The van der Waals surface area contributed by atoms with Gasteiger partial charge in [0.1, 0.15) is 0 Å². The molecule has 0 N–H and O–H groups in total. The monoisotopic (exact) mass is 426 g/mol. The Morgan fingerprint density at radius 2 is 1.94 bits per heavy atom. The fourth-order valence-corrected chi connectivity index (χ4v) is 4.46. The molecule has 0 spiro atoms. The first-order chi connectivity index (χ1) is 15.8. The molecular weight excluding hydrogens is 400 g/mol. The summed E-state index contributed by atoms with van der Waals surface area (Å²) in [4.78, 5) is 19.8. The second kappa shape index (κ2) is 9.32. The molecule has 0 bridgehead atoms. The third-order valence-electron chi connectivity index (χ3n) is 6.05. The molecule has 1 fully saturated rings. The van der Waals surface area contributed by atoms with Crippen molar-refractivity contribution in [3.8, 4) is 0 Å². The van der Waals surface area contributed by atoms with Gasteiger partial charge in [-0.2, -0.15) is 5.10 Å². The van der Waals surface area contributed by atoms with Crippen molar-refractivity contribution in [2.45, 2.75) is 13.0 Å². The standard InChI is InChI=1S/C26H26N4O2/c31-26(24-8-2-1-5-23(24)18-30-12-4-10-28-30)29-13-14-32-19-20(17-29)15-22-7-3-6-21-9-11-27-16-25(21)22/h1-12,16,20H,13-15,17-19H2/t20-/m0/s1. The van der Waals surface area contributed by atoms with E-state index in [2.05, 4.69) is 28.3 Å². The fraction of sp³-hybridized carbons (Fsp3) is 0.269. The van der Waals surface area contributed by atoms with E-state index in [4.69, 9.17) is 4.74 Å². The second-order valence-corrected chi connectivity index (χ2v) is 8.27. The van der Waals surface area contributed by atoms with Crippen molar-refractivity contribution in [1.29, 1.82) is 0 Å². The maximum absolute atomic E-state index is 13.5. The van der Waals surface area contributed by atoms with E-state index >= 15 is 0 Å². The Bertz CT molecular complexity index is 1200. The molecule has 0 unspecified atom stereocenters. The number of hydrogen-bond acceptors (Lipinski definition) is 4. The van der Waals surface area contributed by atoms with Crippen LogP contribution < -0.4 is 0 Å². The second-order valence-electron chi connectivity index (χ2n) is 8.27. The maximum Gasteiger partial charge on any atom is 0.254 e. The van der Waals surface area contributed by atoms with Gasteiger partial charge in [-0.05, 0) is 41.1 Å². The highest BCUT2D eigenvalue weighted by atomic mass is 16.5. The van der Waals surface area contributed by atoms with E-state index in [1.807, 2.05) is 64.6 Å². The van der Waals surface area contributed by atoms with Crippen LogP contribution in [0.15, 0.2) is 79.4 Å². The molecule has 6 nitrogen and oxygen atoms in total. The van der Waals surface area contributed by atoms with E-state index in [1.54, 1.807) is 6.20 Å². The third kappa shape index (κ3) is 4.41. The molecule has 0 aliphatic carbocycles. The summed E-state index contributed by atoms with van der Waals surface area (Å²) in [5.41, 5.74) is 2.96. The largest absolute Gasteiger partial charge is 0.379 e. The van der Waals surface area contributed by atoms with Crippen molar-refractivity contribution in [3.63, 3.8) is 0 Å². The van der Waals surface area contributed by atoms with Crippen LogP contribution in [0, 0.1) is 5.92 Å². The fourth-order valence-electron chi connectivity index (χ4n) is 4.46. The molecule has 32 heavy (non-hydrogen) atoms. The van der Waals surface area contributed by atoms with Gasteiger partial charge in [-0.15, -0.1) is 0 Å². The smallest absolute Gasteiger partial charge is 0.254 e. The number of benzene rings is 2. The van der Waals surface area contributed by atoms with Gasteiger partial charge in [0.15, 0.2) is 0 Å². The maximum atomic E-state index is 13.5. The number of fused-ring (bicyclic) bond motifs is 1. The predicted molar refractivity (Wildman–Crippen MR) is 123 cm³/mol. The molecule has 2 aromatic heterocycles. The van der Waals surface area contributed by atoms with Crippen LogP contribution in [-0.2, 0) is 17.7 Å². The Hall–Kier alpha value is -3.51. The molecule has 0 saturated carbocycles. The molecule has 3 heterocycles. The van der Waals surface area contributed by atoms with Gasteiger partial charge in [-0.3, -0.25) is 14.5 Å². The van der Waals surface area contributed by atoms with Crippen LogP contribution >= 0.6 is 0 Å². The Kier molecular flexibility index (Phi) is 5.94. The summed E-state index contributed by atoms with van der Waals surface area (Å²) >= 11 is 0. The van der Waals surface area contributed by atoms with E-state index in [-0.39, 0.29) is 11.8 Å². The zero-order chi connectivity index (χ0) is 21.8. The van der Waals surface area contributed by atoms with Crippen LogP contribution in [0.4, 0.5) is 0 Å². The zero-order valence-electron chi connectivity index (χ0n) is 17.9. The Morgan fingerprint density at radius 1 is 1.03 bits per heavy atom. The van der Waals surface area contributed by atoms with Gasteiger partial charge in [-0.1, -0.05) is 36.4 Å². The van der Waals surface area contributed by atoms with Gasteiger partial charge in [-0.25, -0.2) is 0 Å². The van der Waals surface area contributed by atoms with Crippen molar-refractivity contribution in [2.75, 3.05) is 26.3 Å². The van der Waals surface area contributed by atoms with Crippen LogP contribution in [0.5, 0.6) is 0 Å². The molecule has 1 atom stereocenters. The van der Waals surface area contributed by atoms with E-state index in [1.165, 1.54) is 16.3 Å². The average molecular weight is 427 g/mol. The summed E-state index contributed by atoms with van der Waals surface area (Å²) in [6, 6.07) is 18.1. The summed E-state index contributed by atoms with van der Waals surface area (Å²) in [6.45, 7) is 3.05. The summed E-state index contributed by atoms with van der Waals surface area (Å²) in [5, 5.41) is 6.65. The van der Waals surface area contributed by atoms with E-state index in [9.17, 15) is 4.79 Å². The molecule has 1 aliphatic heterocycles. The molecule has 162 valence electrons. The lowest BCUT2D eigenvalue weighted by atomic mass is 9.95. The summed E-state index contributed by atoms with van der Waals surface area (Å²) < 4.78 is 7.74. The van der Waals surface area contributed by atoms with Crippen molar-refractivity contribution in [3.05, 3.63) is 96.1 Å². The number of amides is 1. The first-order valence-corrected chi connectivity index (χ1v) is 11.0. The van der Waals surface area contributed by atoms with Crippen LogP contribution in [0.1, 0.15) is 21.5 Å². The first-order valence-electron chi connectivity index (χ1n) is 11.0. The number of aromatic nitrogens is 3. The van der Waals surface area contributed by atoms with E-state index < -0.39 is 0 Å². The van der Waals surface area contributed by atoms with Gasteiger partial charge in [0.25, 0.3) is 5.91 Å². The molecular formula is C26H26N4O2. The first kappa shape index (κ1) is 20.4. The number of pyridine rings is 1. The summed E-state index contributed by atoms with van der Waals surface area (Å²) in [6.07, 6.45) is 8.26. The Labute approximate surface area is 187 Å². The lowest BCUT2D eigenvalue weighted by molar-refractivity contribution is 0.0736. The van der Waals surface area contributed by atoms with Gasteiger partial charge >= 0.3 is 0 Å². The minimum absolute atomic E-state index is 0.0582. The Balaban J connectivity index is 1.36. The molecule has 0 radical (unpaired) electrons. The van der Waals surface area contributed by atoms with Crippen LogP contribution in [0.3, 0.4) is 0 Å². The van der Waals surface area contributed by atoms with Gasteiger partial charge in [0.2, 0.25) is 0 Å². The zero-order valence-corrected chi connectivity index (χ0v) is 17.9. The molecule has 5 rings (SSSR count). The van der Waals surface area contributed by atoms with Crippen molar-refractivity contribution >= 4 is 16.7 Å². The normalized spacial score (nSPS) is 16.8. The van der Waals surface area contributed by atoms with Gasteiger partial charge in [0, 0.05) is 54.7 Å². The highest BCUT2D eigenvalue weighted by Crippen LogP contribution is 2.23. The molecule has 1 saturated heterocycles. The summed E-state index contributed by atoms with van der Waals surface area (Å²) in [7, 11) is 0.